The first-order valence-electron chi connectivity index (χ1n) is 5.82. The molecule has 2 heterocycles. The van der Waals surface area contributed by atoms with Crippen LogP contribution in [0.1, 0.15) is 29.6 Å². The molecule has 1 aromatic rings. The number of aromatic hydroxyl groups is 1. The molecule has 0 aliphatic carbocycles. The highest BCUT2D eigenvalue weighted by atomic mass is 16.5. The van der Waals surface area contributed by atoms with Gasteiger partial charge < -0.3 is 14.6 Å². The van der Waals surface area contributed by atoms with Crippen LogP contribution in [0.25, 0.3) is 0 Å². The maximum Gasteiger partial charge on any atom is 0.170 e. The van der Waals surface area contributed by atoms with Crippen LogP contribution in [0.4, 0.5) is 0 Å². The fourth-order valence-corrected chi connectivity index (χ4v) is 2.50. The summed E-state index contributed by atoms with van der Waals surface area (Å²) in [6.07, 6.45) is 1.88. The fraction of sp³-hybridized carbons (Fsp3) is 0.462. The van der Waals surface area contributed by atoms with E-state index in [4.69, 9.17) is 9.47 Å². The Morgan fingerprint density at radius 1 is 1.24 bits per heavy atom. The topological polar surface area (TPSA) is 55.8 Å². The summed E-state index contributed by atoms with van der Waals surface area (Å²) in [6.45, 7) is 1.28. The number of benzene rings is 1. The zero-order valence-electron chi connectivity index (χ0n) is 9.44. The second-order valence-electron chi connectivity index (χ2n) is 4.68. The third-order valence-electron chi connectivity index (χ3n) is 3.48. The average molecular weight is 234 g/mol. The summed E-state index contributed by atoms with van der Waals surface area (Å²) >= 11 is 0. The molecule has 1 saturated heterocycles. The van der Waals surface area contributed by atoms with Crippen molar-refractivity contribution in [2.45, 2.75) is 24.9 Å². The minimum absolute atomic E-state index is 0.0454. The van der Waals surface area contributed by atoms with Gasteiger partial charge in [0.05, 0.1) is 25.2 Å². The highest BCUT2D eigenvalue weighted by Crippen LogP contribution is 2.39. The van der Waals surface area contributed by atoms with E-state index in [0.717, 1.165) is 12.8 Å². The van der Waals surface area contributed by atoms with Gasteiger partial charge in [-0.1, -0.05) is 0 Å². The van der Waals surface area contributed by atoms with Crippen LogP contribution in [-0.4, -0.2) is 29.7 Å². The second-order valence-corrected chi connectivity index (χ2v) is 4.68. The van der Waals surface area contributed by atoms with Crippen molar-refractivity contribution in [3.8, 4) is 11.5 Å². The van der Waals surface area contributed by atoms with Crippen molar-refractivity contribution in [3.63, 3.8) is 0 Å². The largest absolute Gasteiger partial charge is 0.508 e. The Bertz CT molecular complexity index is 460. The van der Waals surface area contributed by atoms with Crippen LogP contribution in [0.3, 0.4) is 0 Å². The standard InChI is InChI=1S/C13H14O4/c14-9-1-2-12-10(7-9)11(15)8-13(17-12)3-5-16-6-4-13/h1-2,7,14H,3-6,8H2. The SMILES string of the molecule is O=C1CC2(CCOCC2)Oc2ccc(O)cc21. The van der Waals surface area contributed by atoms with E-state index in [9.17, 15) is 9.90 Å². The van der Waals surface area contributed by atoms with E-state index in [1.807, 2.05) is 0 Å². The Balaban J connectivity index is 1.97. The number of fused-ring (bicyclic) bond motifs is 1. The number of carbonyl (C=O) groups excluding carboxylic acids is 1. The zero-order valence-corrected chi connectivity index (χ0v) is 9.44. The molecular formula is C13H14O4. The van der Waals surface area contributed by atoms with Gasteiger partial charge in [0.15, 0.2) is 5.78 Å². The second kappa shape index (κ2) is 3.74. The van der Waals surface area contributed by atoms with Crippen LogP contribution in [0.2, 0.25) is 0 Å². The molecular weight excluding hydrogens is 220 g/mol. The molecule has 1 aromatic carbocycles. The van der Waals surface area contributed by atoms with Gasteiger partial charge in [0.25, 0.3) is 0 Å². The molecule has 90 valence electrons. The third kappa shape index (κ3) is 1.78. The Labute approximate surface area is 99.2 Å². The van der Waals surface area contributed by atoms with Crippen molar-refractivity contribution in [1.82, 2.24) is 0 Å². The lowest BCUT2D eigenvalue weighted by molar-refractivity contribution is -0.0504. The lowest BCUT2D eigenvalue weighted by Gasteiger charge is -2.40. The summed E-state index contributed by atoms with van der Waals surface area (Å²) in [6, 6.07) is 4.69. The predicted octanol–water partition coefficient (Wildman–Crippen LogP) is 1.91. The van der Waals surface area contributed by atoms with E-state index in [1.165, 1.54) is 6.07 Å². The molecule has 2 aliphatic heterocycles. The van der Waals surface area contributed by atoms with Crippen LogP contribution in [0, 0.1) is 0 Å². The van der Waals surface area contributed by atoms with E-state index >= 15 is 0 Å². The van der Waals surface area contributed by atoms with Gasteiger partial charge >= 0.3 is 0 Å². The number of hydrogen-bond acceptors (Lipinski definition) is 4. The molecule has 0 aromatic heterocycles. The molecule has 2 aliphatic rings. The number of carbonyl (C=O) groups is 1. The van der Waals surface area contributed by atoms with Crippen LogP contribution in [0.5, 0.6) is 11.5 Å². The van der Waals surface area contributed by atoms with Crippen molar-refractivity contribution in [3.05, 3.63) is 23.8 Å². The zero-order chi connectivity index (χ0) is 11.9. The molecule has 4 nitrogen and oxygen atoms in total. The smallest absolute Gasteiger partial charge is 0.170 e. The minimum atomic E-state index is -0.390. The fourth-order valence-electron chi connectivity index (χ4n) is 2.50. The number of rotatable bonds is 0. The molecule has 0 unspecified atom stereocenters. The maximum atomic E-state index is 12.1. The van der Waals surface area contributed by atoms with E-state index in [0.29, 0.717) is 30.9 Å². The molecule has 0 radical (unpaired) electrons. The van der Waals surface area contributed by atoms with Crippen molar-refractivity contribution < 1.29 is 19.4 Å². The number of phenolic OH excluding ortho intramolecular Hbond substituents is 1. The van der Waals surface area contributed by atoms with E-state index in [1.54, 1.807) is 12.1 Å². The van der Waals surface area contributed by atoms with E-state index < -0.39 is 0 Å². The first kappa shape index (κ1) is 10.6. The molecule has 1 spiro atoms. The Morgan fingerprint density at radius 2 is 2.00 bits per heavy atom. The molecule has 0 saturated carbocycles. The number of phenols is 1. The summed E-state index contributed by atoms with van der Waals surface area (Å²) in [5.41, 5.74) is 0.0985. The summed E-state index contributed by atoms with van der Waals surface area (Å²) in [4.78, 5) is 12.1. The molecule has 17 heavy (non-hydrogen) atoms. The molecule has 0 bridgehead atoms. The van der Waals surface area contributed by atoms with Crippen LogP contribution in [-0.2, 0) is 4.74 Å². The number of ketones is 1. The Kier molecular flexibility index (Phi) is 2.33. The maximum absolute atomic E-state index is 12.1. The van der Waals surface area contributed by atoms with Crippen LogP contribution in [0.15, 0.2) is 18.2 Å². The van der Waals surface area contributed by atoms with Gasteiger partial charge in [-0.05, 0) is 18.2 Å². The summed E-state index contributed by atoms with van der Waals surface area (Å²) in [5.74, 6) is 0.730. The van der Waals surface area contributed by atoms with E-state index in [-0.39, 0.29) is 17.1 Å². The first-order valence-corrected chi connectivity index (χ1v) is 5.82. The van der Waals surface area contributed by atoms with Gasteiger partial charge in [0.2, 0.25) is 0 Å². The van der Waals surface area contributed by atoms with Crippen molar-refractivity contribution in [2.24, 2.45) is 0 Å². The van der Waals surface area contributed by atoms with Gasteiger partial charge in [-0.2, -0.15) is 0 Å². The number of Topliss-reactive ketones (excluding diaryl/α,β-unsaturated/α-hetero) is 1. The molecule has 0 amide bonds. The highest BCUT2D eigenvalue weighted by molar-refractivity contribution is 6.00. The van der Waals surface area contributed by atoms with Gasteiger partial charge in [-0.25, -0.2) is 0 Å². The lowest BCUT2D eigenvalue weighted by Crippen LogP contribution is -2.46. The Hall–Kier alpha value is -1.55. The predicted molar refractivity (Wildman–Crippen MR) is 60.5 cm³/mol. The minimum Gasteiger partial charge on any atom is -0.508 e. The monoisotopic (exact) mass is 234 g/mol. The summed E-state index contributed by atoms with van der Waals surface area (Å²) < 4.78 is 11.3. The van der Waals surface area contributed by atoms with Gasteiger partial charge in [-0.15, -0.1) is 0 Å². The normalized spacial score (nSPS) is 22.0. The molecule has 3 rings (SSSR count). The number of ether oxygens (including phenoxy) is 2. The lowest BCUT2D eigenvalue weighted by atomic mass is 9.84. The van der Waals surface area contributed by atoms with Crippen molar-refractivity contribution in [1.29, 1.82) is 0 Å². The number of hydrogen-bond donors (Lipinski definition) is 1. The quantitative estimate of drug-likeness (QED) is 0.745. The third-order valence-corrected chi connectivity index (χ3v) is 3.48. The summed E-state index contributed by atoms with van der Waals surface area (Å²) in [7, 11) is 0. The van der Waals surface area contributed by atoms with Crippen molar-refractivity contribution >= 4 is 5.78 Å². The van der Waals surface area contributed by atoms with Gasteiger partial charge in [0.1, 0.15) is 17.1 Å². The molecule has 4 heteroatoms. The van der Waals surface area contributed by atoms with Gasteiger partial charge in [0, 0.05) is 12.8 Å². The molecule has 0 atom stereocenters. The van der Waals surface area contributed by atoms with Gasteiger partial charge in [-0.3, -0.25) is 4.79 Å². The van der Waals surface area contributed by atoms with Crippen LogP contribution < -0.4 is 4.74 Å². The Morgan fingerprint density at radius 3 is 2.76 bits per heavy atom. The first-order chi connectivity index (χ1) is 8.19. The molecule has 1 fully saturated rings. The van der Waals surface area contributed by atoms with Crippen LogP contribution >= 0.6 is 0 Å². The average Bonchev–Trinajstić information content (AvgIpc) is 2.31. The molecule has 1 N–H and O–H groups in total. The van der Waals surface area contributed by atoms with E-state index in [2.05, 4.69) is 0 Å². The summed E-state index contributed by atoms with van der Waals surface area (Å²) in [5, 5.41) is 9.38. The highest BCUT2D eigenvalue weighted by Gasteiger charge is 2.41. The van der Waals surface area contributed by atoms with Crippen molar-refractivity contribution in [2.75, 3.05) is 13.2 Å².